The van der Waals surface area contributed by atoms with Gasteiger partial charge in [-0.15, -0.1) is 0 Å². The average Bonchev–Trinajstić information content (AvgIpc) is 2.85. The van der Waals surface area contributed by atoms with Crippen molar-refractivity contribution in [2.45, 2.75) is 59.2 Å². The van der Waals surface area contributed by atoms with Gasteiger partial charge in [0.25, 0.3) is 0 Å². The Labute approximate surface area is 124 Å². The fourth-order valence-corrected chi connectivity index (χ4v) is 2.78. The van der Waals surface area contributed by atoms with E-state index in [0.29, 0.717) is 18.1 Å². The van der Waals surface area contributed by atoms with Crippen LogP contribution in [0.3, 0.4) is 0 Å². The number of nitrogens with one attached hydrogen (secondary N) is 1. The molecule has 116 valence electrons. The summed E-state index contributed by atoms with van der Waals surface area (Å²) in [7, 11) is 0. The Hall–Kier alpha value is -1.85. The second-order valence-corrected chi connectivity index (χ2v) is 5.89. The summed E-state index contributed by atoms with van der Waals surface area (Å²) in [4.78, 5) is 30.9. The van der Waals surface area contributed by atoms with Crippen molar-refractivity contribution in [1.29, 1.82) is 0 Å². The fourth-order valence-electron chi connectivity index (χ4n) is 2.78. The van der Waals surface area contributed by atoms with E-state index >= 15 is 0 Å². The molecule has 3 atom stereocenters. The molecule has 2 rings (SSSR count). The SMILES string of the molecule is CCC1NC(=O)C(C(C)C)N(C(C)c2ncc(C)o2)C1=O. The number of carbonyl (C=O) groups is 2. The van der Waals surface area contributed by atoms with E-state index in [4.69, 9.17) is 4.42 Å². The van der Waals surface area contributed by atoms with Crippen molar-refractivity contribution in [1.82, 2.24) is 15.2 Å². The van der Waals surface area contributed by atoms with Gasteiger partial charge in [0, 0.05) is 0 Å². The lowest BCUT2D eigenvalue weighted by atomic mass is 9.94. The second kappa shape index (κ2) is 5.87. The molecule has 1 aromatic heterocycles. The number of hydrogen-bond donors (Lipinski definition) is 1. The maximum absolute atomic E-state index is 12.7. The molecule has 0 aliphatic carbocycles. The number of aryl methyl sites for hydroxylation is 1. The highest BCUT2D eigenvalue weighted by Gasteiger charge is 2.44. The monoisotopic (exact) mass is 293 g/mol. The van der Waals surface area contributed by atoms with Gasteiger partial charge in [0.05, 0.1) is 6.20 Å². The van der Waals surface area contributed by atoms with Gasteiger partial charge in [-0.25, -0.2) is 4.98 Å². The van der Waals surface area contributed by atoms with Crippen molar-refractivity contribution in [3.63, 3.8) is 0 Å². The number of aromatic nitrogens is 1. The van der Waals surface area contributed by atoms with E-state index in [-0.39, 0.29) is 23.8 Å². The van der Waals surface area contributed by atoms with Crippen LogP contribution in [-0.2, 0) is 9.59 Å². The van der Waals surface area contributed by atoms with Crippen molar-refractivity contribution in [3.05, 3.63) is 17.8 Å². The third kappa shape index (κ3) is 2.80. The lowest BCUT2D eigenvalue weighted by Crippen LogP contribution is -2.65. The summed E-state index contributed by atoms with van der Waals surface area (Å²) >= 11 is 0. The zero-order chi connectivity index (χ0) is 15.7. The molecular weight excluding hydrogens is 270 g/mol. The van der Waals surface area contributed by atoms with Crippen molar-refractivity contribution >= 4 is 11.8 Å². The van der Waals surface area contributed by atoms with Crippen LogP contribution in [0.2, 0.25) is 0 Å². The summed E-state index contributed by atoms with van der Waals surface area (Å²) in [5.74, 6) is 1.01. The number of oxazole rings is 1. The van der Waals surface area contributed by atoms with E-state index in [1.807, 2.05) is 34.6 Å². The molecule has 1 N–H and O–H groups in total. The number of rotatable bonds is 4. The molecule has 0 aromatic carbocycles. The first-order valence-corrected chi connectivity index (χ1v) is 7.41. The summed E-state index contributed by atoms with van der Waals surface area (Å²) in [6.07, 6.45) is 2.20. The van der Waals surface area contributed by atoms with Crippen LogP contribution in [0, 0.1) is 12.8 Å². The Morgan fingerprint density at radius 3 is 2.52 bits per heavy atom. The highest BCUT2D eigenvalue weighted by Crippen LogP contribution is 2.29. The van der Waals surface area contributed by atoms with Crippen LogP contribution < -0.4 is 5.32 Å². The Balaban J connectivity index is 2.38. The standard InChI is InChI=1S/C15H23N3O3/c1-6-11-15(20)18(12(8(2)3)13(19)17-11)10(5)14-16-7-9(4)21-14/h7-8,10-12H,6H2,1-5H3,(H,17,19). The molecule has 0 spiro atoms. The zero-order valence-corrected chi connectivity index (χ0v) is 13.2. The summed E-state index contributed by atoms with van der Waals surface area (Å²) < 4.78 is 5.54. The van der Waals surface area contributed by atoms with Gasteiger partial charge in [0.1, 0.15) is 23.9 Å². The Bertz CT molecular complexity index is 538. The lowest BCUT2D eigenvalue weighted by molar-refractivity contribution is -0.154. The fraction of sp³-hybridized carbons (Fsp3) is 0.667. The molecule has 1 aromatic rings. The molecular formula is C15H23N3O3. The van der Waals surface area contributed by atoms with Crippen molar-refractivity contribution in [2.75, 3.05) is 0 Å². The first kappa shape index (κ1) is 15.5. The van der Waals surface area contributed by atoms with Crippen molar-refractivity contribution in [3.8, 4) is 0 Å². The zero-order valence-electron chi connectivity index (χ0n) is 13.2. The number of hydrogen-bond acceptors (Lipinski definition) is 4. The Morgan fingerprint density at radius 2 is 2.05 bits per heavy atom. The van der Waals surface area contributed by atoms with E-state index < -0.39 is 12.1 Å². The van der Waals surface area contributed by atoms with E-state index in [2.05, 4.69) is 10.3 Å². The van der Waals surface area contributed by atoms with Crippen molar-refractivity contribution in [2.24, 2.45) is 5.92 Å². The van der Waals surface area contributed by atoms with Gasteiger partial charge in [-0.1, -0.05) is 20.8 Å². The quantitative estimate of drug-likeness (QED) is 0.918. The van der Waals surface area contributed by atoms with Gasteiger partial charge in [-0.3, -0.25) is 9.59 Å². The van der Waals surface area contributed by atoms with E-state index in [1.165, 1.54) is 0 Å². The molecule has 1 saturated heterocycles. The molecule has 0 radical (unpaired) electrons. The molecule has 3 unspecified atom stereocenters. The van der Waals surface area contributed by atoms with Crippen LogP contribution in [0.4, 0.5) is 0 Å². The maximum atomic E-state index is 12.7. The average molecular weight is 293 g/mol. The number of amides is 2. The summed E-state index contributed by atoms with van der Waals surface area (Å²) in [6.45, 7) is 9.41. The smallest absolute Gasteiger partial charge is 0.246 e. The highest BCUT2D eigenvalue weighted by molar-refractivity contribution is 5.97. The lowest BCUT2D eigenvalue weighted by Gasteiger charge is -2.42. The molecule has 1 aliphatic rings. The number of carbonyl (C=O) groups excluding carboxylic acids is 2. The van der Waals surface area contributed by atoms with Crippen LogP contribution in [0.1, 0.15) is 51.8 Å². The summed E-state index contributed by atoms with van der Waals surface area (Å²) in [6, 6.07) is -1.33. The summed E-state index contributed by atoms with van der Waals surface area (Å²) in [5.41, 5.74) is 0. The van der Waals surface area contributed by atoms with Gasteiger partial charge in [0.15, 0.2) is 0 Å². The molecule has 2 heterocycles. The van der Waals surface area contributed by atoms with Crippen LogP contribution >= 0.6 is 0 Å². The first-order chi connectivity index (χ1) is 9.86. The molecule has 1 fully saturated rings. The first-order valence-electron chi connectivity index (χ1n) is 7.41. The van der Waals surface area contributed by atoms with Gasteiger partial charge in [0.2, 0.25) is 17.7 Å². The van der Waals surface area contributed by atoms with Gasteiger partial charge < -0.3 is 14.6 Å². The second-order valence-electron chi connectivity index (χ2n) is 5.89. The van der Waals surface area contributed by atoms with Crippen LogP contribution in [0.5, 0.6) is 0 Å². The third-order valence-corrected chi connectivity index (χ3v) is 3.89. The minimum atomic E-state index is -0.498. The minimum absolute atomic E-state index is 0.0188. The largest absolute Gasteiger partial charge is 0.444 e. The van der Waals surface area contributed by atoms with E-state index in [0.717, 1.165) is 0 Å². The minimum Gasteiger partial charge on any atom is -0.444 e. The predicted octanol–water partition coefficient (Wildman–Crippen LogP) is 1.81. The molecule has 2 amide bonds. The molecule has 21 heavy (non-hydrogen) atoms. The Kier molecular flexibility index (Phi) is 4.34. The van der Waals surface area contributed by atoms with Gasteiger partial charge in [-0.2, -0.15) is 0 Å². The molecule has 0 saturated carbocycles. The number of nitrogens with zero attached hydrogens (tertiary/aromatic N) is 2. The maximum Gasteiger partial charge on any atom is 0.246 e. The van der Waals surface area contributed by atoms with Crippen molar-refractivity contribution < 1.29 is 14.0 Å². The van der Waals surface area contributed by atoms with E-state index in [9.17, 15) is 9.59 Å². The van der Waals surface area contributed by atoms with Gasteiger partial charge >= 0.3 is 0 Å². The highest BCUT2D eigenvalue weighted by atomic mass is 16.4. The topological polar surface area (TPSA) is 75.4 Å². The molecule has 6 nitrogen and oxygen atoms in total. The summed E-state index contributed by atoms with van der Waals surface area (Å²) in [5, 5.41) is 2.81. The Morgan fingerprint density at radius 1 is 1.38 bits per heavy atom. The normalized spacial score (nSPS) is 24.4. The third-order valence-electron chi connectivity index (χ3n) is 3.89. The molecule has 1 aliphatic heterocycles. The van der Waals surface area contributed by atoms with Gasteiger partial charge in [-0.05, 0) is 26.2 Å². The molecule has 6 heteroatoms. The van der Waals surface area contributed by atoms with Crippen LogP contribution in [0.25, 0.3) is 0 Å². The van der Waals surface area contributed by atoms with Crippen LogP contribution in [-0.4, -0.2) is 33.8 Å². The van der Waals surface area contributed by atoms with Crippen LogP contribution in [0.15, 0.2) is 10.6 Å². The molecule has 0 bridgehead atoms. The van der Waals surface area contributed by atoms with E-state index in [1.54, 1.807) is 11.1 Å². The number of piperazine rings is 1. The predicted molar refractivity (Wildman–Crippen MR) is 77.3 cm³/mol.